The fraction of sp³-hybridized carbons (Fsp3) is 0.526. The van der Waals surface area contributed by atoms with Gasteiger partial charge in [-0.2, -0.15) is 5.26 Å². The first-order valence-corrected chi connectivity index (χ1v) is 9.12. The second kappa shape index (κ2) is 8.56. The zero-order valence-electron chi connectivity index (χ0n) is 14.9. The van der Waals surface area contributed by atoms with Crippen LogP contribution < -0.4 is 4.74 Å². The van der Waals surface area contributed by atoms with Crippen LogP contribution in [-0.2, 0) is 4.79 Å². The van der Waals surface area contributed by atoms with Crippen molar-refractivity contribution in [3.8, 4) is 11.8 Å². The van der Waals surface area contributed by atoms with E-state index in [1.807, 2.05) is 15.9 Å². The maximum atomic E-state index is 12.5. The SMILES string of the molecule is N#Cc1ccc(OCC(=O)N2CCN(C(=O)N3CCCCC3)CC2)cc1. The predicted octanol–water partition coefficient (Wildman–Crippen LogP) is 1.69. The first kappa shape index (κ1) is 18.1. The molecule has 2 aliphatic rings. The first-order valence-electron chi connectivity index (χ1n) is 9.12. The number of piperidine rings is 1. The lowest BCUT2D eigenvalue weighted by Crippen LogP contribution is -2.55. The van der Waals surface area contributed by atoms with E-state index < -0.39 is 0 Å². The summed E-state index contributed by atoms with van der Waals surface area (Å²) in [6, 6.07) is 8.82. The van der Waals surface area contributed by atoms with E-state index in [4.69, 9.17) is 10.00 Å². The number of piperazine rings is 1. The number of carbonyl (C=O) groups is 2. The molecule has 0 saturated carbocycles. The number of carbonyl (C=O) groups excluding carboxylic acids is 2. The Hall–Kier alpha value is -2.75. The summed E-state index contributed by atoms with van der Waals surface area (Å²) in [6.07, 6.45) is 3.36. The van der Waals surface area contributed by atoms with Crippen LogP contribution in [0, 0.1) is 11.3 Å². The van der Waals surface area contributed by atoms with E-state index in [-0.39, 0.29) is 18.5 Å². The third-order valence-corrected chi connectivity index (χ3v) is 4.88. The highest BCUT2D eigenvalue weighted by Crippen LogP contribution is 2.14. The minimum atomic E-state index is -0.0839. The molecule has 0 spiro atoms. The molecular formula is C19H24N4O3. The number of hydrogen-bond acceptors (Lipinski definition) is 4. The molecule has 0 atom stereocenters. The molecule has 2 saturated heterocycles. The van der Waals surface area contributed by atoms with Gasteiger partial charge in [0.2, 0.25) is 0 Å². The molecule has 1 aromatic carbocycles. The van der Waals surface area contributed by atoms with Gasteiger partial charge in [-0.05, 0) is 43.5 Å². The Bertz CT molecular complexity index is 669. The number of urea groups is 1. The molecule has 138 valence electrons. The average molecular weight is 356 g/mol. The Morgan fingerprint density at radius 2 is 1.46 bits per heavy atom. The molecule has 0 bridgehead atoms. The second-order valence-electron chi connectivity index (χ2n) is 6.62. The van der Waals surface area contributed by atoms with E-state index in [0.717, 1.165) is 25.9 Å². The maximum absolute atomic E-state index is 12.5. The van der Waals surface area contributed by atoms with Crippen molar-refractivity contribution in [3.05, 3.63) is 29.8 Å². The van der Waals surface area contributed by atoms with Crippen LogP contribution in [0.3, 0.4) is 0 Å². The molecule has 3 amide bonds. The van der Waals surface area contributed by atoms with E-state index in [2.05, 4.69) is 0 Å². The van der Waals surface area contributed by atoms with Gasteiger partial charge in [-0.3, -0.25) is 4.79 Å². The Morgan fingerprint density at radius 1 is 0.885 bits per heavy atom. The summed E-state index contributed by atoms with van der Waals surface area (Å²) in [5.41, 5.74) is 0.554. The predicted molar refractivity (Wildman–Crippen MR) is 95.6 cm³/mol. The number of nitrogens with zero attached hydrogens (tertiary/aromatic N) is 4. The van der Waals surface area contributed by atoms with Gasteiger partial charge in [-0.1, -0.05) is 0 Å². The molecule has 0 aliphatic carbocycles. The van der Waals surface area contributed by atoms with Crippen molar-refractivity contribution in [2.24, 2.45) is 0 Å². The van der Waals surface area contributed by atoms with Crippen LogP contribution in [0.25, 0.3) is 0 Å². The fourth-order valence-corrected chi connectivity index (χ4v) is 3.29. The van der Waals surface area contributed by atoms with Crippen LogP contribution in [0.1, 0.15) is 24.8 Å². The lowest BCUT2D eigenvalue weighted by Gasteiger charge is -2.38. The summed E-state index contributed by atoms with van der Waals surface area (Å²) in [6.45, 7) is 3.86. The number of amides is 3. The van der Waals surface area contributed by atoms with Gasteiger partial charge in [-0.25, -0.2) is 4.79 Å². The summed E-state index contributed by atoms with van der Waals surface area (Å²) in [7, 11) is 0. The number of rotatable bonds is 3. The molecule has 7 nitrogen and oxygen atoms in total. The van der Waals surface area contributed by atoms with Crippen molar-refractivity contribution in [2.75, 3.05) is 45.9 Å². The van der Waals surface area contributed by atoms with Crippen molar-refractivity contribution in [1.82, 2.24) is 14.7 Å². The molecule has 0 N–H and O–H groups in total. The molecule has 0 radical (unpaired) electrons. The summed E-state index contributed by atoms with van der Waals surface area (Å²) in [4.78, 5) is 30.3. The van der Waals surface area contributed by atoms with E-state index in [1.165, 1.54) is 6.42 Å². The quantitative estimate of drug-likeness (QED) is 0.826. The van der Waals surface area contributed by atoms with Crippen molar-refractivity contribution >= 4 is 11.9 Å². The third-order valence-electron chi connectivity index (χ3n) is 4.88. The Kier molecular flexibility index (Phi) is 5.95. The van der Waals surface area contributed by atoms with Gasteiger partial charge in [0.05, 0.1) is 11.6 Å². The van der Waals surface area contributed by atoms with Crippen LogP contribution in [0.5, 0.6) is 5.75 Å². The standard InChI is InChI=1S/C19H24N4O3/c20-14-16-4-6-17(7-5-16)26-15-18(24)21-10-12-23(13-11-21)19(25)22-8-2-1-3-9-22/h4-7H,1-3,8-13,15H2. The normalized spacial score (nSPS) is 17.6. The lowest BCUT2D eigenvalue weighted by molar-refractivity contribution is -0.134. The van der Waals surface area contributed by atoms with Crippen molar-refractivity contribution in [1.29, 1.82) is 5.26 Å². The summed E-state index contributed by atoms with van der Waals surface area (Å²) in [5, 5.41) is 8.78. The number of nitriles is 1. The number of benzene rings is 1. The zero-order chi connectivity index (χ0) is 18.4. The number of hydrogen-bond donors (Lipinski definition) is 0. The smallest absolute Gasteiger partial charge is 0.320 e. The van der Waals surface area contributed by atoms with E-state index in [0.29, 0.717) is 37.5 Å². The highest BCUT2D eigenvalue weighted by Gasteiger charge is 2.27. The highest BCUT2D eigenvalue weighted by molar-refractivity contribution is 5.79. The average Bonchev–Trinajstić information content (AvgIpc) is 2.72. The topological polar surface area (TPSA) is 76.9 Å². The van der Waals surface area contributed by atoms with E-state index in [9.17, 15) is 9.59 Å². The molecule has 2 aliphatic heterocycles. The molecule has 1 aromatic rings. The first-order chi connectivity index (χ1) is 12.7. The minimum absolute atomic E-state index is 0.0357. The van der Waals surface area contributed by atoms with Gasteiger partial charge < -0.3 is 19.4 Å². The van der Waals surface area contributed by atoms with E-state index in [1.54, 1.807) is 29.2 Å². The van der Waals surface area contributed by atoms with Gasteiger partial charge in [0.25, 0.3) is 5.91 Å². The Morgan fingerprint density at radius 3 is 2.08 bits per heavy atom. The molecule has 3 rings (SSSR count). The maximum Gasteiger partial charge on any atom is 0.320 e. The summed E-state index contributed by atoms with van der Waals surface area (Å²) < 4.78 is 5.50. The molecule has 0 aromatic heterocycles. The molecule has 0 unspecified atom stereocenters. The lowest BCUT2D eigenvalue weighted by atomic mass is 10.1. The Balaban J connectivity index is 1.42. The molecule has 26 heavy (non-hydrogen) atoms. The summed E-state index contributed by atoms with van der Waals surface area (Å²) >= 11 is 0. The zero-order valence-corrected chi connectivity index (χ0v) is 14.9. The number of likely N-dealkylation sites (tertiary alicyclic amines) is 1. The Labute approximate surface area is 153 Å². The number of ether oxygens (including phenoxy) is 1. The largest absolute Gasteiger partial charge is 0.484 e. The summed E-state index contributed by atoms with van der Waals surface area (Å²) in [5.74, 6) is 0.482. The van der Waals surface area contributed by atoms with Gasteiger partial charge in [0.1, 0.15) is 5.75 Å². The second-order valence-corrected chi connectivity index (χ2v) is 6.62. The molecule has 2 heterocycles. The molecular weight excluding hydrogens is 332 g/mol. The van der Waals surface area contributed by atoms with E-state index >= 15 is 0 Å². The van der Waals surface area contributed by atoms with Crippen LogP contribution in [0.4, 0.5) is 4.79 Å². The monoisotopic (exact) mass is 356 g/mol. The van der Waals surface area contributed by atoms with Gasteiger partial charge >= 0.3 is 6.03 Å². The fourth-order valence-electron chi connectivity index (χ4n) is 3.29. The van der Waals surface area contributed by atoms with Crippen molar-refractivity contribution in [2.45, 2.75) is 19.3 Å². The van der Waals surface area contributed by atoms with Gasteiger partial charge in [0.15, 0.2) is 6.61 Å². The molecule has 7 heteroatoms. The van der Waals surface area contributed by atoms with Crippen LogP contribution in [0.2, 0.25) is 0 Å². The van der Waals surface area contributed by atoms with Gasteiger partial charge in [-0.15, -0.1) is 0 Å². The van der Waals surface area contributed by atoms with Crippen LogP contribution in [0.15, 0.2) is 24.3 Å². The van der Waals surface area contributed by atoms with Crippen molar-refractivity contribution < 1.29 is 14.3 Å². The minimum Gasteiger partial charge on any atom is -0.484 e. The van der Waals surface area contributed by atoms with Gasteiger partial charge in [0, 0.05) is 39.3 Å². The highest BCUT2D eigenvalue weighted by atomic mass is 16.5. The van der Waals surface area contributed by atoms with Crippen LogP contribution >= 0.6 is 0 Å². The third kappa shape index (κ3) is 4.45. The van der Waals surface area contributed by atoms with Crippen molar-refractivity contribution in [3.63, 3.8) is 0 Å². The molecule has 2 fully saturated rings. The van der Waals surface area contributed by atoms with Crippen LogP contribution in [-0.4, -0.2) is 72.5 Å².